The van der Waals surface area contributed by atoms with Crippen LogP contribution >= 0.6 is 43.2 Å². The zero-order valence-corrected chi connectivity index (χ0v) is 14.0. The Balaban J connectivity index is 1.75. The highest BCUT2D eigenvalue weighted by atomic mass is 79.9. The van der Waals surface area contributed by atoms with Gasteiger partial charge in [0.2, 0.25) is 0 Å². The third-order valence-electron chi connectivity index (χ3n) is 2.93. The lowest BCUT2D eigenvalue weighted by Gasteiger charge is -2.08. The third-order valence-corrected chi connectivity index (χ3v) is 5.71. The molecule has 0 amide bonds. The quantitative estimate of drug-likeness (QED) is 0.569. The number of fused-ring (bicyclic) bond motifs is 1. The van der Waals surface area contributed by atoms with Crippen molar-refractivity contribution >= 4 is 59.0 Å². The van der Waals surface area contributed by atoms with Crippen molar-refractivity contribution in [1.29, 1.82) is 0 Å². The normalized spacial score (nSPS) is 10.8. The van der Waals surface area contributed by atoms with Crippen molar-refractivity contribution < 1.29 is 0 Å². The van der Waals surface area contributed by atoms with Gasteiger partial charge in [-0.3, -0.25) is 0 Å². The van der Waals surface area contributed by atoms with E-state index in [1.165, 1.54) is 15.6 Å². The molecule has 1 nitrogen and oxygen atoms in total. The minimum absolute atomic E-state index is 0.821. The molecular weight excluding hydrogens is 386 g/mol. The summed E-state index contributed by atoms with van der Waals surface area (Å²) in [5.41, 5.74) is 2.41. The molecule has 1 N–H and O–H groups in total. The van der Waals surface area contributed by atoms with Crippen molar-refractivity contribution in [2.45, 2.75) is 6.54 Å². The van der Waals surface area contributed by atoms with E-state index in [2.05, 4.69) is 85.0 Å². The van der Waals surface area contributed by atoms with Crippen LogP contribution in [0.25, 0.3) is 10.1 Å². The van der Waals surface area contributed by atoms with Gasteiger partial charge >= 0.3 is 0 Å². The van der Waals surface area contributed by atoms with Gasteiger partial charge in [0.1, 0.15) is 0 Å². The fourth-order valence-corrected chi connectivity index (χ4v) is 3.37. The van der Waals surface area contributed by atoms with Gasteiger partial charge in [0.05, 0.1) is 0 Å². The average molecular weight is 397 g/mol. The first kappa shape index (κ1) is 13.2. The highest BCUT2D eigenvalue weighted by Gasteiger charge is 2.00. The fraction of sp³-hybridized carbons (Fsp3) is 0.0667. The maximum atomic E-state index is 3.53. The number of hydrogen-bond donors (Lipinski definition) is 1. The topological polar surface area (TPSA) is 12.0 Å². The molecule has 19 heavy (non-hydrogen) atoms. The van der Waals surface area contributed by atoms with Crippen molar-refractivity contribution in [1.82, 2.24) is 0 Å². The molecule has 0 bridgehead atoms. The molecule has 96 valence electrons. The summed E-state index contributed by atoms with van der Waals surface area (Å²) in [7, 11) is 0. The van der Waals surface area contributed by atoms with Gasteiger partial charge in [0.15, 0.2) is 0 Å². The molecule has 3 rings (SSSR count). The van der Waals surface area contributed by atoms with Crippen molar-refractivity contribution in [2.24, 2.45) is 0 Å². The van der Waals surface area contributed by atoms with E-state index in [0.29, 0.717) is 0 Å². The number of anilines is 1. The van der Waals surface area contributed by atoms with Crippen molar-refractivity contribution in [2.75, 3.05) is 5.32 Å². The van der Waals surface area contributed by atoms with Gasteiger partial charge in [-0.05, 0) is 84.6 Å². The Morgan fingerprint density at radius 2 is 1.84 bits per heavy atom. The van der Waals surface area contributed by atoms with Crippen LogP contribution in [0.1, 0.15) is 5.56 Å². The number of thiophene rings is 1. The molecular formula is C15H11Br2NS. The van der Waals surface area contributed by atoms with E-state index >= 15 is 0 Å². The molecule has 0 aliphatic carbocycles. The summed E-state index contributed by atoms with van der Waals surface area (Å²) in [5, 5.41) is 6.88. The Morgan fingerprint density at radius 1 is 0.947 bits per heavy atom. The second kappa shape index (κ2) is 5.65. The third kappa shape index (κ3) is 3.02. The average Bonchev–Trinajstić information content (AvgIpc) is 2.87. The van der Waals surface area contributed by atoms with Gasteiger partial charge in [-0.2, -0.15) is 0 Å². The highest BCUT2D eigenvalue weighted by Crippen LogP contribution is 2.26. The summed E-state index contributed by atoms with van der Waals surface area (Å²) in [5.74, 6) is 0. The highest BCUT2D eigenvalue weighted by molar-refractivity contribution is 9.13. The summed E-state index contributed by atoms with van der Waals surface area (Å²) in [6.07, 6.45) is 0. The fourth-order valence-electron chi connectivity index (χ4n) is 1.93. The monoisotopic (exact) mass is 395 g/mol. The zero-order chi connectivity index (χ0) is 13.2. The minimum atomic E-state index is 0.821. The number of benzene rings is 2. The van der Waals surface area contributed by atoms with Gasteiger partial charge < -0.3 is 5.32 Å². The molecule has 4 heteroatoms. The van der Waals surface area contributed by atoms with Crippen LogP contribution in [0.2, 0.25) is 0 Å². The van der Waals surface area contributed by atoms with Crippen molar-refractivity contribution in [3.63, 3.8) is 0 Å². The molecule has 0 fully saturated rings. The second-order valence-corrected chi connectivity index (χ2v) is 6.93. The molecule has 0 saturated heterocycles. The Bertz CT molecular complexity index is 721. The van der Waals surface area contributed by atoms with Crippen LogP contribution in [0.15, 0.2) is 56.8 Å². The molecule has 0 saturated carbocycles. The molecule has 0 unspecified atom stereocenters. The first-order chi connectivity index (χ1) is 9.22. The lowest BCUT2D eigenvalue weighted by molar-refractivity contribution is 1.15. The Hall–Kier alpha value is -0.840. The Morgan fingerprint density at radius 3 is 2.68 bits per heavy atom. The van der Waals surface area contributed by atoms with E-state index in [-0.39, 0.29) is 0 Å². The van der Waals surface area contributed by atoms with Gasteiger partial charge in [0, 0.05) is 25.9 Å². The minimum Gasteiger partial charge on any atom is -0.381 e. The van der Waals surface area contributed by atoms with Crippen LogP contribution in [-0.4, -0.2) is 0 Å². The Labute approximate surface area is 132 Å². The zero-order valence-electron chi connectivity index (χ0n) is 9.99. The molecule has 2 aromatic carbocycles. The maximum Gasteiger partial charge on any atom is 0.0401 e. The molecule has 1 heterocycles. The number of halogens is 2. The van der Waals surface area contributed by atoms with Gasteiger partial charge in [-0.1, -0.05) is 6.07 Å². The first-order valence-corrected chi connectivity index (χ1v) is 8.34. The van der Waals surface area contributed by atoms with E-state index in [1.807, 2.05) is 0 Å². The van der Waals surface area contributed by atoms with Crippen molar-refractivity contribution in [3.8, 4) is 0 Å². The van der Waals surface area contributed by atoms with E-state index in [1.54, 1.807) is 11.3 Å². The van der Waals surface area contributed by atoms with Gasteiger partial charge in [0.25, 0.3) is 0 Å². The molecule has 0 atom stereocenters. The number of hydrogen-bond acceptors (Lipinski definition) is 2. The first-order valence-electron chi connectivity index (χ1n) is 5.87. The van der Waals surface area contributed by atoms with E-state index in [4.69, 9.17) is 0 Å². The summed E-state index contributed by atoms with van der Waals surface area (Å²) in [6, 6.07) is 14.9. The maximum absolute atomic E-state index is 3.53. The molecule has 0 aliphatic heterocycles. The van der Waals surface area contributed by atoms with E-state index < -0.39 is 0 Å². The van der Waals surface area contributed by atoms with Crippen LogP contribution in [0.5, 0.6) is 0 Å². The van der Waals surface area contributed by atoms with E-state index in [9.17, 15) is 0 Å². The van der Waals surface area contributed by atoms with Crippen LogP contribution in [0, 0.1) is 0 Å². The Kier molecular flexibility index (Phi) is 3.91. The predicted molar refractivity (Wildman–Crippen MR) is 91.0 cm³/mol. The molecule has 0 spiro atoms. The van der Waals surface area contributed by atoms with E-state index in [0.717, 1.165) is 21.2 Å². The summed E-state index contributed by atoms with van der Waals surface area (Å²) in [4.78, 5) is 0. The number of rotatable bonds is 3. The second-order valence-electron chi connectivity index (χ2n) is 4.28. The van der Waals surface area contributed by atoms with Crippen LogP contribution in [0.3, 0.4) is 0 Å². The van der Waals surface area contributed by atoms with Crippen LogP contribution in [0.4, 0.5) is 5.69 Å². The molecule has 0 aliphatic rings. The summed E-state index contributed by atoms with van der Waals surface area (Å²) in [6.45, 7) is 0.821. The molecule has 3 aromatic rings. The lowest BCUT2D eigenvalue weighted by atomic mass is 10.2. The molecule has 1 aromatic heterocycles. The van der Waals surface area contributed by atoms with Crippen LogP contribution in [-0.2, 0) is 6.54 Å². The number of nitrogens with one attached hydrogen (secondary N) is 1. The lowest BCUT2D eigenvalue weighted by Crippen LogP contribution is -1.99. The largest absolute Gasteiger partial charge is 0.381 e. The summed E-state index contributed by atoms with van der Waals surface area (Å²) < 4.78 is 3.49. The van der Waals surface area contributed by atoms with Crippen LogP contribution < -0.4 is 5.32 Å². The SMILES string of the molecule is Brc1ccc(CNc2ccc3sccc3c2)cc1Br. The smallest absolute Gasteiger partial charge is 0.0401 e. The summed E-state index contributed by atoms with van der Waals surface area (Å²) >= 11 is 8.78. The standard InChI is InChI=1S/C15H11Br2NS/c16-13-3-1-10(7-14(13)17)9-18-12-2-4-15-11(8-12)5-6-19-15/h1-8,18H,9H2. The molecule has 0 radical (unpaired) electrons. The predicted octanol–water partition coefficient (Wildman–Crippen LogP) is 6.04. The van der Waals surface area contributed by atoms with Gasteiger partial charge in [-0.15, -0.1) is 11.3 Å². The van der Waals surface area contributed by atoms with Crippen molar-refractivity contribution in [3.05, 3.63) is 62.4 Å². The van der Waals surface area contributed by atoms with Gasteiger partial charge in [-0.25, -0.2) is 0 Å².